The van der Waals surface area contributed by atoms with Crippen molar-refractivity contribution in [2.24, 2.45) is 0 Å². The maximum atomic E-state index is 11.0. The van der Waals surface area contributed by atoms with Gasteiger partial charge in [0.2, 0.25) is 6.41 Å². The number of fused-ring (bicyclic) bond motifs is 1. The van der Waals surface area contributed by atoms with Crippen LogP contribution in [0, 0.1) is 12.8 Å². The van der Waals surface area contributed by atoms with Crippen LogP contribution in [0.5, 0.6) is 0 Å². The Labute approximate surface area is 160 Å². The number of benzene rings is 1. The summed E-state index contributed by atoms with van der Waals surface area (Å²) in [6.45, 7) is 13.9. The Balaban J connectivity index is 0.000000477. The highest BCUT2D eigenvalue weighted by Gasteiger charge is 2.26. The molecule has 2 atom stereocenters. The fraction of sp³-hybridized carbons (Fsp3) is 0.522. The van der Waals surface area contributed by atoms with Gasteiger partial charge in [-0.05, 0) is 50.7 Å². The van der Waals surface area contributed by atoms with Crippen LogP contribution in [0.1, 0.15) is 64.1 Å². The average molecular weight is 358 g/mol. The molecular weight excluding hydrogens is 322 g/mol. The number of amides is 1. The van der Waals surface area contributed by atoms with E-state index < -0.39 is 0 Å². The fourth-order valence-corrected chi connectivity index (χ4v) is 3.15. The van der Waals surface area contributed by atoms with Gasteiger partial charge in [0, 0.05) is 13.2 Å². The lowest BCUT2D eigenvalue weighted by Gasteiger charge is -2.35. The summed E-state index contributed by atoms with van der Waals surface area (Å²) < 4.78 is 5.28. The van der Waals surface area contributed by atoms with Crippen molar-refractivity contribution < 1.29 is 9.53 Å². The summed E-state index contributed by atoms with van der Waals surface area (Å²) in [6, 6.07) is 8.35. The van der Waals surface area contributed by atoms with E-state index in [0.717, 1.165) is 31.6 Å². The molecule has 1 amide bonds. The van der Waals surface area contributed by atoms with Gasteiger partial charge in [-0.1, -0.05) is 50.3 Å². The van der Waals surface area contributed by atoms with Crippen LogP contribution in [0.4, 0.5) is 0 Å². The van der Waals surface area contributed by atoms with E-state index in [4.69, 9.17) is 4.74 Å². The highest BCUT2D eigenvalue weighted by molar-refractivity contribution is 5.53. The minimum Gasteiger partial charge on any atom is -0.379 e. The minimum atomic E-state index is 0.0625. The lowest BCUT2D eigenvalue weighted by Crippen LogP contribution is -2.34. The van der Waals surface area contributed by atoms with Crippen LogP contribution in [0.3, 0.4) is 0 Å². The second kappa shape index (κ2) is 14.2. The Hall–Kier alpha value is -2.05. The van der Waals surface area contributed by atoms with E-state index in [0.29, 0.717) is 6.10 Å². The number of terminal acetylenes is 1. The van der Waals surface area contributed by atoms with E-state index in [1.165, 1.54) is 30.4 Å². The Bertz CT molecular complexity index is 544. The van der Waals surface area contributed by atoms with Gasteiger partial charge < -0.3 is 9.64 Å². The second-order valence-electron chi connectivity index (χ2n) is 6.22. The van der Waals surface area contributed by atoms with Crippen molar-refractivity contribution in [1.29, 1.82) is 0 Å². The van der Waals surface area contributed by atoms with Crippen LogP contribution >= 0.6 is 0 Å². The van der Waals surface area contributed by atoms with Gasteiger partial charge in [-0.15, -0.1) is 12.8 Å². The third-order valence-corrected chi connectivity index (χ3v) is 4.33. The zero-order chi connectivity index (χ0) is 19.9. The molecule has 0 bridgehead atoms. The topological polar surface area (TPSA) is 29.5 Å². The number of hydrogen-bond acceptors (Lipinski definition) is 2. The van der Waals surface area contributed by atoms with Crippen molar-refractivity contribution in [2.45, 2.75) is 65.5 Å². The highest BCUT2D eigenvalue weighted by atomic mass is 16.5. The molecule has 0 unspecified atom stereocenters. The first-order chi connectivity index (χ1) is 12.6. The maximum Gasteiger partial charge on any atom is 0.210 e. The van der Waals surface area contributed by atoms with Crippen molar-refractivity contribution in [2.75, 3.05) is 13.2 Å². The van der Waals surface area contributed by atoms with Gasteiger partial charge in [0.15, 0.2) is 0 Å². The quantitative estimate of drug-likeness (QED) is 0.415. The first-order valence-corrected chi connectivity index (χ1v) is 9.52. The maximum absolute atomic E-state index is 11.0. The summed E-state index contributed by atoms with van der Waals surface area (Å²) >= 11 is 0. The van der Waals surface area contributed by atoms with E-state index >= 15 is 0 Å². The lowest BCUT2D eigenvalue weighted by atomic mass is 9.89. The number of carbonyl (C=O) groups excluding carboxylic acids is 1. The van der Waals surface area contributed by atoms with Gasteiger partial charge in [-0.2, -0.15) is 0 Å². The highest BCUT2D eigenvalue weighted by Crippen LogP contribution is 2.32. The van der Waals surface area contributed by atoms with E-state index in [-0.39, 0.29) is 6.04 Å². The summed E-state index contributed by atoms with van der Waals surface area (Å²) in [6.07, 6.45) is 14.3. The Morgan fingerprint density at radius 3 is 2.38 bits per heavy atom. The summed E-state index contributed by atoms with van der Waals surface area (Å²) in [7, 11) is 0. The third kappa shape index (κ3) is 7.45. The molecule has 26 heavy (non-hydrogen) atoms. The SMILES string of the molecule is C#C.C=C(C)[C@H]1c2ccccc2CCN1C=O.CC.C[C@@H]1CCCCO1. The van der Waals surface area contributed by atoms with Gasteiger partial charge in [0.05, 0.1) is 12.1 Å². The normalized spacial score (nSPS) is 20.5. The van der Waals surface area contributed by atoms with Gasteiger partial charge in [-0.25, -0.2) is 0 Å². The molecule has 144 valence electrons. The van der Waals surface area contributed by atoms with Crippen LogP contribution in [-0.4, -0.2) is 30.6 Å². The van der Waals surface area contributed by atoms with E-state index in [2.05, 4.69) is 38.5 Å². The minimum absolute atomic E-state index is 0.0625. The molecule has 0 radical (unpaired) electrons. The standard InChI is InChI=1S/C13H15NO.C6H12O.C2H6.C2H2/c1-10(2)13-12-6-4-3-5-11(12)7-8-14(13)9-15;1-6-4-2-3-5-7-6;2*1-2/h3-6,9,13H,1,7-8H2,2H3;6H,2-5H2,1H3;1-2H3;1-2H/t13-;6-;;/m01../s1. The number of ether oxygens (including phenoxy) is 1. The smallest absolute Gasteiger partial charge is 0.210 e. The summed E-state index contributed by atoms with van der Waals surface area (Å²) in [5.74, 6) is 0. The first kappa shape index (κ1) is 23.9. The van der Waals surface area contributed by atoms with Crippen molar-refractivity contribution >= 4 is 6.41 Å². The lowest BCUT2D eigenvalue weighted by molar-refractivity contribution is -0.120. The number of nitrogens with zero attached hydrogens (tertiary/aromatic N) is 1. The molecule has 0 aliphatic carbocycles. The summed E-state index contributed by atoms with van der Waals surface area (Å²) in [5.41, 5.74) is 3.58. The largest absolute Gasteiger partial charge is 0.379 e. The van der Waals surface area contributed by atoms with Crippen molar-refractivity contribution in [3.05, 3.63) is 47.5 Å². The van der Waals surface area contributed by atoms with Gasteiger partial charge in [0.1, 0.15) is 0 Å². The number of rotatable bonds is 2. The van der Waals surface area contributed by atoms with Crippen molar-refractivity contribution in [3.8, 4) is 12.8 Å². The average Bonchev–Trinajstić information content (AvgIpc) is 2.71. The molecule has 0 spiro atoms. The Kier molecular flexibility index (Phi) is 13.0. The van der Waals surface area contributed by atoms with Gasteiger partial charge in [-0.3, -0.25) is 4.79 Å². The fourth-order valence-electron chi connectivity index (χ4n) is 3.15. The molecule has 3 rings (SSSR count). The molecule has 1 saturated heterocycles. The molecular formula is C23H35NO2. The third-order valence-electron chi connectivity index (χ3n) is 4.33. The second-order valence-corrected chi connectivity index (χ2v) is 6.22. The predicted octanol–water partition coefficient (Wildman–Crippen LogP) is 5.17. The Morgan fingerprint density at radius 2 is 1.92 bits per heavy atom. The molecule has 2 aliphatic rings. The first-order valence-electron chi connectivity index (χ1n) is 9.52. The van der Waals surface area contributed by atoms with Gasteiger partial charge >= 0.3 is 0 Å². The molecule has 3 heteroatoms. The molecule has 0 aromatic heterocycles. The molecule has 1 aromatic rings. The molecule has 2 heterocycles. The number of hydrogen-bond donors (Lipinski definition) is 0. The molecule has 2 aliphatic heterocycles. The van der Waals surface area contributed by atoms with E-state index in [1.54, 1.807) is 0 Å². The molecule has 1 fully saturated rings. The van der Waals surface area contributed by atoms with Crippen LogP contribution in [-0.2, 0) is 16.0 Å². The van der Waals surface area contributed by atoms with Crippen LogP contribution in [0.2, 0.25) is 0 Å². The van der Waals surface area contributed by atoms with E-state index in [1.807, 2.05) is 37.8 Å². The zero-order valence-electron chi connectivity index (χ0n) is 16.9. The van der Waals surface area contributed by atoms with Crippen LogP contribution in [0.25, 0.3) is 0 Å². The monoisotopic (exact) mass is 357 g/mol. The van der Waals surface area contributed by atoms with Crippen molar-refractivity contribution in [3.63, 3.8) is 0 Å². The molecule has 3 nitrogen and oxygen atoms in total. The zero-order valence-corrected chi connectivity index (χ0v) is 16.9. The number of carbonyl (C=O) groups is 1. The molecule has 0 saturated carbocycles. The summed E-state index contributed by atoms with van der Waals surface area (Å²) in [5, 5.41) is 0. The Morgan fingerprint density at radius 1 is 1.27 bits per heavy atom. The molecule has 1 aromatic carbocycles. The predicted molar refractivity (Wildman–Crippen MR) is 111 cm³/mol. The van der Waals surface area contributed by atoms with E-state index in [9.17, 15) is 4.79 Å². The molecule has 0 N–H and O–H groups in total. The van der Waals surface area contributed by atoms with Crippen molar-refractivity contribution in [1.82, 2.24) is 4.90 Å². The summed E-state index contributed by atoms with van der Waals surface area (Å²) in [4.78, 5) is 12.8. The van der Waals surface area contributed by atoms with Crippen LogP contribution < -0.4 is 0 Å². The van der Waals surface area contributed by atoms with Gasteiger partial charge in [0.25, 0.3) is 0 Å². The van der Waals surface area contributed by atoms with Crippen LogP contribution in [0.15, 0.2) is 36.4 Å².